The number of thioether (sulfide) groups is 1. The third kappa shape index (κ3) is 5.94. The molecule has 0 aromatic heterocycles. The van der Waals surface area contributed by atoms with Crippen LogP contribution in [0.4, 0.5) is 11.4 Å². The maximum Gasteiger partial charge on any atom is 0.238 e. The maximum absolute atomic E-state index is 13.1. The first-order valence-corrected chi connectivity index (χ1v) is 11.6. The molecule has 168 valence electrons. The minimum atomic E-state index is -0.594. The average Bonchev–Trinajstić information content (AvgIpc) is 2.83. The lowest BCUT2D eigenvalue weighted by molar-refractivity contribution is -0.129. The molecule has 1 N–H and O–H groups in total. The summed E-state index contributed by atoms with van der Waals surface area (Å²) in [5.74, 6) is 0.295. The second-order valence-electron chi connectivity index (χ2n) is 7.36. The van der Waals surface area contributed by atoms with E-state index in [1.165, 1.54) is 11.8 Å². The lowest BCUT2D eigenvalue weighted by atomic mass is 10.2. The van der Waals surface area contributed by atoms with E-state index in [4.69, 9.17) is 16.3 Å². The zero-order valence-electron chi connectivity index (χ0n) is 17.9. The quantitative estimate of drug-likeness (QED) is 0.506. The van der Waals surface area contributed by atoms with E-state index >= 15 is 0 Å². The summed E-state index contributed by atoms with van der Waals surface area (Å²) >= 11 is 7.28. The highest BCUT2D eigenvalue weighted by Crippen LogP contribution is 2.31. The Morgan fingerprint density at radius 3 is 2.45 bits per heavy atom. The van der Waals surface area contributed by atoms with Gasteiger partial charge >= 0.3 is 0 Å². The van der Waals surface area contributed by atoms with Gasteiger partial charge in [-0.2, -0.15) is 0 Å². The summed E-state index contributed by atoms with van der Waals surface area (Å²) in [6.07, 6.45) is 0.0774. The number of carbonyl (C=O) groups excluding carboxylic acids is 2. The zero-order chi connectivity index (χ0) is 23.2. The number of halogens is 1. The number of ether oxygens (including phenoxy) is 1. The molecule has 2 amide bonds. The number of carbonyl (C=O) groups is 2. The first kappa shape index (κ1) is 22.9. The van der Waals surface area contributed by atoms with Gasteiger partial charge in [-0.1, -0.05) is 53.7 Å². The summed E-state index contributed by atoms with van der Waals surface area (Å²) in [4.78, 5) is 32.4. The van der Waals surface area contributed by atoms with Crippen molar-refractivity contribution in [1.82, 2.24) is 4.90 Å². The van der Waals surface area contributed by atoms with Crippen LogP contribution in [0.3, 0.4) is 0 Å². The van der Waals surface area contributed by atoms with E-state index in [1.54, 1.807) is 48.4 Å². The molecule has 0 bridgehead atoms. The van der Waals surface area contributed by atoms with Gasteiger partial charge in [-0.15, -0.1) is 0 Å². The van der Waals surface area contributed by atoms with Gasteiger partial charge in [-0.25, -0.2) is 4.99 Å². The topological polar surface area (TPSA) is 71.0 Å². The molecule has 8 heteroatoms. The Morgan fingerprint density at radius 1 is 1.09 bits per heavy atom. The summed E-state index contributed by atoms with van der Waals surface area (Å²) in [5, 5.41) is 3.41. The normalized spacial score (nSPS) is 17.2. The van der Waals surface area contributed by atoms with Crippen LogP contribution in [0.2, 0.25) is 5.02 Å². The zero-order valence-corrected chi connectivity index (χ0v) is 19.5. The number of aliphatic imine (C=N–C) groups is 1. The number of nitrogens with zero attached hydrogens (tertiary/aromatic N) is 2. The molecule has 0 aliphatic carbocycles. The predicted molar refractivity (Wildman–Crippen MR) is 133 cm³/mol. The molecule has 0 unspecified atom stereocenters. The van der Waals surface area contributed by atoms with Gasteiger partial charge in [-0.05, 0) is 54.1 Å². The van der Waals surface area contributed by atoms with Crippen molar-refractivity contribution < 1.29 is 14.3 Å². The molecule has 0 saturated carbocycles. The summed E-state index contributed by atoms with van der Waals surface area (Å²) in [5.41, 5.74) is 2.28. The summed E-state index contributed by atoms with van der Waals surface area (Å²) in [6.45, 7) is 0.349. The van der Waals surface area contributed by atoms with Gasteiger partial charge in [0.25, 0.3) is 0 Å². The number of nitrogens with one attached hydrogen (secondary N) is 1. The first-order valence-electron chi connectivity index (χ1n) is 10.3. The van der Waals surface area contributed by atoms with E-state index in [9.17, 15) is 9.59 Å². The molecule has 4 rings (SSSR count). The Bertz CT molecular complexity index is 1150. The van der Waals surface area contributed by atoms with Gasteiger partial charge in [0, 0.05) is 17.1 Å². The molecule has 1 fully saturated rings. The number of hydrogen-bond donors (Lipinski definition) is 1. The largest absolute Gasteiger partial charge is 0.497 e. The highest BCUT2D eigenvalue weighted by atomic mass is 35.5. The van der Waals surface area contributed by atoms with Crippen molar-refractivity contribution in [3.05, 3.63) is 89.4 Å². The number of para-hydroxylation sites is 1. The molecule has 1 aliphatic rings. The molecular weight excluding hydrogens is 458 g/mol. The van der Waals surface area contributed by atoms with Crippen molar-refractivity contribution in [3.63, 3.8) is 0 Å². The number of amides is 2. The van der Waals surface area contributed by atoms with E-state index in [2.05, 4.69) is 10.3 Å². The van der Waals surface area contributed by atoms with Gasteiger partial charge < -0.3 is 10.1 Å². The summed E-state index contributed by atoms with van der Waals surface area (Å²) in [6, 6.07) is 23.8. The van der Waals surface area contributed by atoms with Gasteiger partial charge in [0.2, 0.25) is 11.8 Å². The van der Waals surface area contributed by atoms with Crippen LogP contribution in [0.15, 0.2) is 83.9 Å². The minimum absolute atomic E-state index is 0.0774. The first-order chi connectivity index (χ1) is 16.0. The van der Waals surface area contributed by atoms with E-state index in [1.807, 2.05) is 42.5 Å². The molecule has 1 aliphatic heterocycles. The number of rotatable bonds is 6. The molecule has 6 nitrogen and oxygen atoms in total. The van der Waals surface area contributed by atoms with Gasteiger partial charge in [-0.3, -0.25) is 14.5 Å². The number of hydrogen-bond acceptors (Lipinski definition) is 5. The smallest absolute Gasteiger partial charge is 0.238 e. The van der Waals surface area contributed by atoms with Crippen molar-refractivity contribution in [2.45, 2.75) is 18.2 Å². The van der Waals surface area contributed by atoms with Crippen LogP contribution in [0.5, 0.6) is 5.75 Å². The maximum atomic E-state index is 13.1. The Morgan fingerprint density at radius 2 is 1.79 bits per heavy atom. The lowest BCUT2D eigenvalue weighted by Crippen LogP contribution is -2.44. The average molecular weight is 480 g/mol. The van der Waals surface area contributed by atoms with Gasteiger partial charge in [0.15, 0.2) is 5.17 Å². The fourth-order valence-electron chi connectivity index (χ4n) is 3.28. The highest BCUT2D eigenvalue weighted by molar-refractivity contribution is 8.15. The second-order valence-corrected chi connectivity index (χ2v) is 8.97. The number of methoxy groups -OCH3 is 1. The van der Waals surface area contributed by atoms with Gasteiger partial charge in [0.05, 0.1) is 19.3 Å². The van der Waals surface area contributed by atoms with Crippen LogP contribution in [0, 0.1) is 0 Å². The van der Waals surface area contributed by atoms with Crippen LogP contribution in [0.1, 0.15) is 12.0 Å². The number of amidine groups is 1. The molecule has 0 spiro atoms. The predicted octanol–water partition coefficient (Wildman–Crippen LogP) is 5.51. The molecule has 1 heterocycles. The molecule has 3 aromatic rings. The van der Waals surface area contributed by atoms with Crippen molar-refractivity contribution in [3.8, 4) is 5.75 Å². The van der Waals surface area contributed by atoms with Crippen LogP contribution >= 0.6 is 23.4 Å². The van der Waals surface area contributed by atoms with Crippen molar-refractivity contribution in [2.24, 2.45) is 4.99 Å². The SMILES string of the molecule is COc1ccc(NC(=O)[C@H]2CC(=O)N(Cc3ccc(Cl)cc3)C(=Nc3ccccc3)S2)cc1. The number of anilines is 1. The van der Waals surface area contributed by atoms with Crippen LogP contribution in [0.25, 0.3) is 0 Å². The van der Waals surface area contributed by atoms with E-state index in [-0.39, 0.29) is 18.2 Å². The summed E-state index contributed by atoms with van der Waals surface area (Å²) < 4.78 is 5.15. The van der Waals surface area contributed by atoms with E-state index in [0.29, 0.717) is 33.9 Å². The Hall–Kier alpha value is -3.29. The third-order valence-electron chi connectivity index (χ3n) is 5.02. The minimum Gasteiger partial charge on any atom is -0.497 e. The molecule has 1 atom stereocenters. The van der Waals surface area contributed by atoms with Crippen LogP contribution in [-0.4, -0.2) is 34.2 Å². The van der Waals surface area contributed by atoms with Crippen molar-refractivity contribution in [2.75, 3.05) is 12.4 Å². The number of benzene rings is 3. The van der Waals surface area contributed by atoms with Crippen LogP contribution < -0.4 is 10.1 Å². The molecule has 3 aromatic carbocycles. The van der Waals surface area contributed by atoms with Gasteiger partial charge in [0.1, 0.15) is 11.0 Å². The molecule has 1 saturated heterocycles. The third-order valence-corrected chi connectivity index (χ3v) is 6.46. The second kappa shape index (κ2) is 10.6. The lowest BCUT2D eigenvalue weighted by Gasteiger charge is -2.32. The van der Waals surface area contributed by atoms with Crippen molar-refractivity contribution >= 4 is 51.7 Å². The fourth-order valence-corrected chi connectivity index (χ4v) is 4.50. The highest BCUT2D eigenvalue weighted by Gasteiger charge is 2.36. The molecular formula is C25H22ClN3O3S. The Kier molecular flexibility index (Phi) is 7.32. The standard InChI is InChI=1S/C25H22ClN3O3S/c1-32-21-13-11-20(12-14-21)27-24(31)22-15-23(30)29(16-17-7-9-18(26)10-8-17)25(33-22)28-19-5-3-2-4-6-19/h2-14,22H,15-16H2,1H3,(H,27,31)/t22-/m1/s1. The van der Waals surface area contributed by atoms with Crippen molar-refractivity contribution in [1.29, 1.82) is 0 Å². The molecule has 33 heavy (non-hydrogen) atoms. The summed E-state index contributed by atoms with van der Waals surface area (Å²) in [7, 11) is 1.58. The fraction of sp³-hybridized carbons (Fsp3) is 0.160. The molecule has 0 radical (unpaired) electrons. The monoisotopic (exact) mass is 479 g/mol. The van der Waals surface area contributed by atoms with Crippen LogP contribution in [-0.2, 0) is 16.1 Å². The Labute approximate surface area is 201 Å². The Balaban J connectivity index is 1.56. The van der Waals surface area contributed by atoms with E-state index < -0.39 is 5.25 Å². The van der Waals surface area contributed by atoms with E-state index in [0.717, 1.165) is 5.56 Å².